The van der Waals surface area contributed by atoms with Gasteiger partial charge in [-0.25, -0.2) is 0 Å². The standard InChI is InChI=1S/C12H12ClN3OS/c1-2-8-5-10(13)4-3-9(8)6-14-16-12-15-11(17)7-18-12/h3-6H,2,7H2,1H3,(H,15,16,17). The average molecular weight is 282 g/mol. The molecule has 0 unspecified atom stereocenters. The lowest BCUT2D eigenvalue weighted by molar-refractivity contribution is -0.116. The van der Waals surface area contributed by atoms with Gasteiger partial charge in [0.25, 0.3) is 0 Å². The number of hydrogen-bond donors (Lipinski definition) is 1. The van der Waals surface area contributed by atoms with E-state index in [-0.39, 0.29) is 5.91 Å². The van der Waals surface area contributed by atoms with E-state index in [1.165, 1.54) is 11.8 Å². The number of amidine groups is 1. The summed E-state index contributed by atoms with van der Waals surface area (Å²) in [6.07, 6.45) is 2.55. The minimum Gasteiger partial charge on any atom is -0.303 e. The summed E-state index contributed by atoms with van der Waals surface area (Å²) in [5, 5.41) is 11.8. The Morgan fingerprint density at radius 2 is 2.39 bits per heavy atom. The van der Waals surface area contributed by atoms with E-state index in [1.807, 2.05) is 18.2 Å². The molecule has 18 heavy (non-hydrogen) atoms. The van der Waals surface area contributed by atoms with Crippen molar-refractivity contribution in [2.75, 3.05) is 5.75 Å². The lowest BCUT2D eigenvalue weighted by atomic mass is 10.1. The van der Waals surface area contributed by atoms with Crippen molar-refractivity contribution in [3.63, 3.8) is 0 Å². The molecule has 0 radical (unpaired) electrons. The van der Waals surface area contributed by atoms with Crippen LogP contribution in [0.25, 0.3) is 0 Å². The van der Waals surface area contributed by atoms with E-state index >= 15 is 0 Å². The van der Waals surface area contributed by atoms with Crippen LogP contribution in [0.2, 0.25) is 5.02 Å². The molecule has 1 saturated heterocycles. The van der Waals surface area contributed by atoms with Gasteiger partial charge in [0.05, 0.1) is 12.0 Å². The molecule has 1 heterocycles. The number of thioether (sulfide) groups is 1. The third-order valence-corrected chi connectivity index (χ3v) is 3.52. The summed E-state index contributed by atoms with van der Waals surface area (Å²) in [5.74, 6) is 0.380. The van der Waals surface area contributed by atoms with E-state index in [0.29, 0.717) is 15.9 Å². The molecule has 1 aromatic rings. The van der Waals surface area contributed by atoms with Crippen LogP contribution >= 0.6 is 23.4 Å². The molecule has 0 spiro atoms. The molecule has 0 bridgehead atoms. The second kappa shape index (κ2) is 6.02. The van der Waals surface area contributed by atoms with E-state index in [0.717, 1.165) is 17.5 Å². The van der Waals surface area contributed by atoms with Crippen LogP contribution in [-0.2, 0) is 11.2 Å². The summed E-state index contributed by atoms with van der Waals surface area (Å²) < 4.78 is 0. The Hall–Kier alpha value is -1.33. The first kappa shape index (κ1) is 13.1. The third-order valence-electron chi connectivity index (χ3n) is 2.42. The molecule has 1 N–H and O–H groups in total. The maximum absolute atomic E-state index is 10.9. The molecule has 1 aromatic carbocycles. The van der Waals surface area contributed by atoms with Gasteiger partial charge in [-0.2, -0.15) is 5.10 Å². The Labute approximate surface area is 115 Å². The lowest BCUT2D eigenvalue weighted by Crippen LogP contribution is -2.19. The lowest BCUT2D eigenvalue weighted by Gasteiger charge is -2.02. The van der Waals surface area contributed by atoms with Crippen molar-refractivity contribution in [1.29, 1.82) is 0 Å². The molecule has 4 nitrogen and oxygen atoms in total. The van der Waals surface area contributed by atoms with Crippen LogP contribution in [0.3, 0.4) is 0 Å². The number of halogens is 1. The van der Waals surface area contributed by atoms with E-state index in [2.05, 4.69) is 22.4 Å². The molecule has 1 amide bonds. The Kier molecular flexibility index (Phi) is 4.38. The monoisotopic (exact) mass is 281 g/mol. The van der Waals surface area contributed by atoms with E-state index in [9.17, 15) is 4.79 Å². The number of benzene rings is 1. The van der Waals surface area contributed by atoms with Gasteiger partial charge in [-0.05, 0) is 29.7 Å². The molecule has 1 aliphatic rings. The summed E-state index contributed by atoms with van der Waals surface area (Å²) in [5.41, 5.74) is 2.11. The SMILES string of the molecule is CCc1cc(Cl)ccc1C=NN=C1NC(=O)CS1. The molecule has 0 saturated carbocycles. The van der Waals surface area contributed by atoms with Gasteiger partial charge in [0.15, 0.2) is 5.17 Å². The largest absolute Gasteiger partial charge is 0.303 e. The third kappa shape index (κ3) is 3.34. The van der Waals surface area contributed by atoms with Crippen molar-refractivity contribution >= 4 is 40.7 Å². The number of hydrogen-bond acceptors (Lipinski definition) is 4. The molecule has 0 aromatic heterocycles. The van der Waals surface area contributed by atoms with Crippen molar-refractivity contribution in [3.05, 3.63) is 34.3 Å². The van der Waals surface area contributed by atoms with Crippen LogP contribution in [-0.4, -0.2) is 23.0 Å². The normalized spacial score (nSPS) is 17.7. The zero-order valence-corrected chi connectivity index (χ0v) is 11.4. The molecule has 0 aliphatic carbocycles. The fourth-order valence-corrected chi connectivity index (χ4v) is 2.35. The molecular weight excluding hydrogens is 270 g/mol. The van der Waals surface area contributed by atoms with Crippen LogP contribution in [0.15, 0.2) is 28.4 Å². The molecule has 94 valence electrons. The van der Waals surface area contributed by atoms with E-state index in [4.69, 9.17) is 11.6 Å². The Morgan fingerprint density at radius 1 is 1.56 bits per heavy atom. The minimum absolute atomic E-state index is 0.0327. The van der Waals surface area contributed by atoms with Crippen LogP contribution in [0.1, 0.15) is 18.1 Å². The van der Waals surface area contributed by atoms with Gasteiger partial charge >= 0.3 is 0 Å². The molecule has 1 fully saturated rings. The number of carbonyl (C=O) groups excluding carboxylic acids is 1. The smallest absolute Gasteiger partial charge is 0.236 e. The number of carbonyl (C=O) groups is 1. The molecule has 2 rings (SSSR count). The van der Waals surface area contributed by atoms with Gasteiger partial charge in [0.1, 0.15) is 0 Å². The van der Waals surface area contributed by atoms with Gasteiger partial charge in [-0.15, -0.1) is 5.10 Å². The Balaban J connectivity index is 2.11. The van der Waals surface area contributed by atoms with Crippen molar-refractivity contribution in [2.45, 2.75) is 13.3 Å². The summed E-state index contributed by atoms with van der Waals surface area (Å²) in [7, 11) is 0. The van der Waals surface area contributed by atoms with Crippen LogP contribution in [0, 0.1) is 0 Å². The van der Waals surface area contributed by atoms with Crippen molar-refractivity contribution < 1.29 is 4.79 Å². The van der Waals surface area contributed by atoms with Gasteiger partial charge in [0.2, 0.25) is 5.91 Å². The summed E-state index contributed by atoms with van der Waals surface area (Å²) >= 11 is 7.28. The highest BCUT2D eigenvalue weighted by Gasteiger charge is 2.15. The van der Waals surface area contributed by atoms with Crippen molar-refractivity contribution in [3.8, 4) is 0 Å². The summed E-state index contributed by atoms with van der Waals surface area (Å²) in [4.78, 5) is 10.9. The number of nitrogens with one attached hydrogen (secondary N) is 1. The fourth-order valence-electron chi connectivity index (χ4n) is 1.53. The zero-order valence-electron chi connectivity index (χ0n) is 9.81. The summed E-state index contributed by atoms with van der Waals surface area (Å²) in [6.45, 7) is 2.06. The van der Waals surface area contributed by atoms with Crippen LogP contribution in [0.5, 0.6) is 0 Å². The van der Waals surface area contributed by atoms with Crippen molar-refractivity contribution in [2.24, 2.45) is 10.2 Å². The number of rotatable bonds is 3. The van der Waals surface area contributed by atoms with Gasteiger partial charge in [-0.3, -0.25) is 4.79 Å². The zero-order chi connectivity index (χ0) is 13.0. The first-order chi connectivity index (χ1) is 8.69. The molecule has 6 heteroatoms. The van der Waals surface area contributed by atoms with Gasteiger partial charge in [-0.1, -0.05) is 36.4 Å². The summed E-state index contributed by atoms with van der Waals surface area (Å²) in [6, 6.07) is 5.65. The first-order valence-corrected chi connectivity index (χ1v) is 6.87. The van der Waals surface area contributed by atoms with E-state index < -0.39 is 0 Å². The molecule has 0 atom stereocenters. The van der Waals surface area contributed by atoms with E-state index in [1.54, 1.807) is 6.21 Å². The molecular formula is C12H12ClN3OS. The minimum atomic E-state index is -0.0327. The number of nitrogens with zero attached hydrogens (tertiary/aromatic N) is 2. The maximum Gasteiger partial charge on any atom is 0.236 e. The van der Waals surface area contributed by atoms with Gasteiger partial charge < -0.3 is 5.32 Å². The van der Waals surface area contributed by atoms with Crippen molar-refractivity contribution in [1.82, 2.24) is 5.32 Å². The molecule has 1 aliphatic heterocycles. The second-order valence-electron chi connectivity index (χ2n) is 3.68. The maximum atomic E-state index is 10.9. The highest BCUT2D eigenvalue weighted by atomic mass is 35.5. The fraction of sp³-hybridized carbons (Fsp3) is 0.250. The van der Waals surface area contributed by atoms with Gasteiger partial charge in [0, 0.05) is 5.02 Å². The number of amides is 1. The highest BCUT2D eigenvalue weighted by Crippen LogP contribution is 2.15. The quantitative estimate of drug-likeness (QED) is 0.683. The number of aryl methyl sites for hydroxylation is 1. The topological polar surface area (TPSA) is 53.8 Å². The first-order valence-electron chi connectivity index (χ1n) is 5.51. The average Bonchev–Trinajstić information content (AvgIpc) is 2.77. The second-order valence-corrected chi connectivity index (χ2v) is 5.08. The Bertz CT molecular complexity index is 528. The predicted molar refractivity (Wildman–Crippen MR) is 76.5 cm³/mol. The van der Waals surface area contributed by atoms with Crippen LogP contribution < -0.4 is 5.32 Å². The highest BCUT2D eigenvalue weighted by molar-refractivity contribution is 8.15. The Morgan fingerprint density at radius 3 is 3.06 bits per heavy atom. The van der Waals surface area contributed by atoms with Crippen LogP contribution in [0.4, 0.5) is 0 Å². The predicted octanol–water partition coefficient (Wildman–Crippen LogP) is 2.46.